The normalized spacial score (nSPS) is 12.1. The molecule has 0 amide bonds. The summed E-state index contributed by atoms with van der Waals surface area (Å²) < 4.78 is 12.9. The van der Waals surface area contributed by atoms with Gasteiger partial charge in [0.15, 0.2) is 0 Å². The summed E-state index contributed by atoms with van der Waals surface area (Å²) in [6, 6.07) is 12.3. The Morgan fingerprint density at radius 1 is 1.10 bits per heavy atom. The second-order valence-electron chi connectivity index (χ2n) is 4.12. The summed E-state index contributed by atoms with van der Waals surface area (Å²) in [7, 11) is 3.31. The molecule has 2 aromatic rings. The summed E-state index contributed by atoms with van der Waals surface area (Å²) in [6.45, 7) is 0. The lowest BCUT2D eigenvalue weighted by Crippen LogP contribution is -1.99. The molecule has 0 saturated heterocycles. The molecular formula is C15H13Br2IO2. The molecule has 0 N–H and O–H groups in total. The number of benzene rings is 2. The summed E-state index contributed by atoms with van der Waals surface area (Å²) in [4.78, 5) is 0.0642. The van der Waals surface area contributed by atoms with E-state index in [4.69, 9.17) is 9.47 Å². The molecule has 0 aliphatic rings. The van der Waals surface area contributed by atoms with E-state index in [2.05, 4.69) is 78.7 Å². The third kappa shape index (κ3) is 3.31. The van der Waals surface area contributed by atoms with Crippen LogP contribution in [0.1, 0.15) is 16.0 Å². The lowest BCUT2D eigenvalue weighted by atomic mass is 10.0. The van der Waals surface area contributed by atoms with Crippen molar-refractivity contribution in [1.29, 1.82) is 0 Å². The Morgan fingerprint density at radius 3 is 2.45 bits per heavy atom. The minimum Gasteiger partial charge on any atom is -0.495 e. The molecule has 106 valence electrons. The summed E-state index contributed by atoms with van der Waals surface area (Å²) in [5.74, 6) is 1.54. The molecule has 0 fully saturated rings. The molecule has 0 bridgehead atoms. The highest BCUT2D eigenvalue weighted by atomic mass is 127. The second-order valence-corrected chi connectivity index (χ2v) is 7.08. The zero-order chi connectivity index (χ0) is 14.7. The monoisotopic (exact) mass is 510 g/mol. The van der Waals surface area contributed by atoms with E-state index in [0.717, 1.165) is 21.5 Å². The average molecular weight is 512 g/mol. The SMILES string of the molecule is COc1ccc(C(Br)c2cccc(I)c2)c(OC)c1Br. The van der Waals surface area contributed by atoms with Crippen molar-refractivity contribution >= 4 is 54.5 Å². The van der Waals surface area contributed by atoms with Crippen LogP contribution in [0.2, 0.25) is 0 Å². The van der Waals surface area contributed by atoms with Gasteiger partial charge in [0.05, 0.1) is 19.0 Å². The summed E-state index contributed by atoms with van der Waals surface area (Å²) >= 11 is 9.60. The maximum absolute atomic E-state index is 5.53. The molecule has 0 saturated carbocycles. The van der Waals surface area contributed by atoms with Gasteiger partial charge in [-0.1, -0.05) is 34.1 Å². The number of rotatable bonds is 4. The summed E-state index contributed by atoms with van der Waals surface area (Å²) in [5, 5.41) is 0. The minimum absolute atomic E-state index is 0.0642. The van der Waals surface area contributed by atoms with Gasteiger partial charge in [0.2, 0.25) is 0 Å². The lowest BCUT2D eigenvalue weighted by molar-refractivity contribution is 0.386. The number of methoxy groups -OCH3 is 2. The van der Waals surface area contributed by atoms with E-state index >= 15 is 0 Å². The van der Waals surface area contributed by atoms with Gasteiger partial charge in [-0.25, -0.2) is 0 Å². The van der Waals surface area contributed by atoms with E-state index in [1.807, 2.05) is 12.1 Å². The Labute approximate surface area is 149 Å². The van der Waals surface area contributed by atoms with Crippen LogP contribution in [0.3, 0.4) is 0 Å². The molecule has 20 heavy (non-hydrogen) atoms. The van der Waals surface area contributed by atoms with Crippen molar-refractivity contribution in [2.75, 3.05) is 14.2 Å². The third-order valence-corrected chi connectivity index (χ3v) is 5.37. The fourth-order valence-electron chi connectivity index (χ4n) is 1.96. The lowest BCUT2D eigenvalue weighted by Gasteiger charge is -2.18. The van der Waals surface area contributed by atoms with Gasteiger partial charge < -0.3 is 9.47 Å². The van der Waals surface area contributed by atoms with Crippen molar-refractivity contribution in [2.24, 2.45) is 0 Å². The predicted molar refractivity (Wildman–Crippen MR) is 97.2 cm³/mol. The van der Waals surface area contributed by atoms with Crippen LogP contribution in [0.25, 0.3) is 0 Å². The van der Waals surface area contributed by atoms with Crippen molar-refractivity contribution in [3.8, 4) is 11.5 Å². The van der Waals surface area contributed by atoms with Gasteiger partial charge >= 0.3 is 0 Å². The second kappa shape index (κ2) is 7.13. The van der Waals surface area contributed by atoms with Crippen LogP contribution < -0.4 is 9.47 Å². The van der Waals surface area contributed by atoms with E-state index in [0.29, 0.717) is 0 Å². The van der Waals surface area contributed by atoms with Crippen molar-refractivity contribution in [3.05, 3.63) is 55.6 Å². The molecule has 0 heterocycles. The molecular weight excluding hydrogens is 499 g/mol. The van der Waals surface area contributed by atoms with Crippen LogP contribution in [-0.4, -0.2) is 14.2 Å². The molecule has 0 spiro atoms. The highest BCUT2D eigenvalue weighted by Gasteiger charge is 2.19. The number of hydrogen-bond donors (Lipinski definition) is 0. The molecule has 0 aromatic heterocycles. The maximum Gasteiger partial charge on any atom is 0.141 e. The van der Waals surface area contributed by atoms with Crippen LogP contribution in [0.5, 0.6) is 11.5 Å². The summed E-state index contributed by atoms with van der Waals surface area (Å²) in [6.07, 6.45) is 0. The zero-order valence-electron chi connectivity index (χ0n) is 11.0. The van der Waals surface area contributed by atoms with Gasteiger partial charge in [-0.05, 0) is 62.3 Å². The quantitative estimate of drug-likeness (QED) is 0.395. The predicted octanol–water partition coefficient (Wildman–Crippen LogP) is 5.56. The van der Waals surface area contributed by atoms with Gasteiger partial charge in [-0.15, -0.1) is 0 Å². The summed E-state index contributed by atoms with van der Waals surface area (Å²) in [5.41, 5.74) is 2.24. The Balaban J connectivity index is 2.49. The van der Waals surface area contributed by atoms with E-state index in [9.17, 15) is 0 Å². The number of halogens is 3. The van der Waals surface area contributed by atoms with Crippen molar-refractivity contribution in [2.45, 2.75) is 4.83 Å². The van der Waals surface area contributed by atoms with Gasteiger partial charge in [-0.2, -0.15) is 0 Å². The fourth-order valence-corrected chi connectivity index (χ4v) is 3.86. The maximum atomic E-state index is 5.53. The first-order valence-corrected chi connectivity index (χ1v) is 8.67. The Bertz CT molecular complexity index is 617. The number of hydrogen-bond acceptors (Lipinski definition) is 2. The smallest absolute Gasteiger partial charge is 0.141 e. The first-order chi connectivity index (χ1) is 9.58. The highest BCUT2D eigenvalue weighted by molar-refractivity contribution is 14.1. The molecule has 2 rings (SSSR count). The van der Waals surface area contributed by atoms with Crippen molar-refractivity contribution in [1.82, 2.24) is 0 Å². The zero-order valence-corrected chi connectivity index (χ0v) is 16.3. The molecule has 5 heteroatoms. The van der Waals surface area contributed by atoms with E-state index < -0.39 is 0 Å². The Morgan fingerprint density at radius 2 is 1.85 bits per heavy atom. The molecule has 2 nitrogen and oxygen atoms in total. The minimum atomic E-state index is 0.0642. The van der Waals surface area contributed by atoms with Crippen LogP contribution >= 0.6 is 54.5 Å². The Kier molecular flexibility index (Phi) is 5.74. The van der Waals surface area contributed by atoms with Crippen molar-refractivity contribution in [3.63, 3.8) is 0 Å². The number of alkyl halides is 1. The van der Waals surface area contributed by atoms with Crippen LogP contribution in [0.15, 0.2) is 40.9 Å². The molecule has 2 aromatic carbocycles. The average Bonchev–Trinajstić information content (AvgIpc) is 2.46. The largest absolute Gasteiger partial charge is 0.495 e. The highest BCUT2D eigenvalue weighted by Crippen LogP contribution is 2.44. The van der Waals surface area contributed by atoms with Gasteiger partial charge in [0.1, 0.15) is 16.0 Å². The Hall–Kier alpha value is -0.270. The first kappa shape index (κ1) is 16.1. The molecule has 1 unspecified atom stereocenters. The first-order valence-electron chi connectivity index (χ1n) is 5.88. The van der Waals surface area contributed by atoms with Crippen LogP contribution in [0, 0.1) is 3.57 Å². The molecule has 0 aliphatic heterocycles. The molecule has 1 atom stereocenters. The van der Waals surface area contributed by atoms with Gasteiger partial charge in [0.25, 0.3) is 0 Å². The van der Waals surface area contributed by atoms with Gasteiger partial charge in [0, 0.05) is 9.13 Å². The van der Waals surface area contributed by atoms with Crippen molar-refractivity contribution < 1.29 is 9.47 Å². The third-order valence-electron chi connectivity index (χ3n) is 2.93. The van der Waals surface area contributed by atoms with Crippen LogP contribution in [0.4, 0.5) is 0 Å². The molecule has 0 radical (unpaired) electrons. The topological polar surface area (TPSA) is 18.5 Å². The fraction of sp³-hybridized carbons (Fsp3) is 0.200. The van der Waals surface area contributed by atoms with E-state index in [1.54, 1.807) is 14.2 Å². The van der Waals surface area contributed by atoms with Crippen LogP contribution in [-0.2, 0) is 0 Å². The molecule has 0 aliphatic carbocycles. The van der Waals surface area contributed by atoms with E-state index in [1.165, 1.54) is 9.13 Å². The standard InChI is InChI=1S/C15H13Br2IO2/c1-19-12-7-6-11(15(20-2)14(12)17)13(16)9-4-3-5-10(18)8-9/h3-8,13H,1-2H3. The van der Waals surface area contributed by atoms with E-state index in [-0.39, 0.29) is 4.83 Å². The number of ether oxygens (including phenoxy) is 2. The van der Waals surface area contributed by atoms with Gasteiger partial charge in [-0.3, -0.25) is 0 Å².